The maximum absolute atomic E-state index is 3.99. The minimum absolute atomic E-state index is 0.795. The van der Waals surface area contributed by atoms with Gasteiger partial charge in [-0.1, -0.05) is 13.8 Å². The number of aromatic nitrogens is 1. The van der Waals surface area contributed by atoms with Gasteiger partial charge < -0.3 is 5.32 Å². The molecule has 0 spiro atoms. The van der Waals surface area contributed by atoms with Crippen LogP contribution in [0.1, 0.15) is 25.8 Å². The molecule has 0 unspecified atom stereocenters. The van der Waals surface area contributed by atoms with Gasteiger partial charge in [0.05, 0.1) is 0 Å². The van der Waals surface area contributed by atoms with Crippen LogP contribution in [0.4, 0.5) is 0 Å². The Morgan fingerprint density at radius 1 is 1.21 bits per heavy atom. The molecule has 1 heterocycles. The molecule has 0 atom stereocenters. The van der Waals surface area contributed by atoms with Crippen LogP contribution in [0.5, 0.6) is 0 Å². The van der Waals surface area contributed by atoms with Gasteiger partial charge in [-0.3, -0.25) is 4.98 Å². The van der Waals surface area contributed by atoms with Gasteiger partial charge in [-0.15, -0.1) is 0 Å². The van der Waals surface area contributed by atoms with Crippen LogP contribution in [0.25, 0.3) is 0 Å². The predicted molar refractivity (Wildman–Crippen MR) is 60.3 cm³/mol. The van der Waals surface area contributed by atoms with Crippen LogP contribution in [0.2, 0.25) is 0 Å². The Hall–Kier alpha value is -0.890. The van der Waals surface area contributed by atoms with Crippen molar-refractivity contribution in [3.05, 3.63) is 30.1 Å². The molecule has 0 radical (unpaired) electrons. The third-order valence-electron chi connectivity index (χ3n) is 2.24. The van der Waals surface area contributed by atoms with E-state index >= 15 is 0 Å². The molecular weight excluding hydrogens is 172 g/mol. The molecule has 0 amide bonds. The summed E-state index contributed by atoms with van der Waals surface area (Å²) in [5.74, 6) is 0.795. The van der Waals surface area contributed by atoms with Gasteiger partial charge in [0, 0.05) is 12.4 Å². The molecule has 2 heteroatoms. The summed E-state index contributed by atoms with van der Waals surface area (Å²) < 4.78 is 0. The van der Waals surface area contributed by atoms with Crippen molar-refractivity contribution in [2.75, 3.05) is 13.1 Å². The Labute approximate surface area is 86.8 Å². The molecule has 0 aliphatic carbocycles. The van der Waals surface area contributed by atoms with E-state index in [1.165, 1.54) is 12.0 Å². The van der Waals surface area contributed by atoms with Crippen molar-refractivity contribution < 1.29 is 0 Å². The highest BCUT2D eigenvalue weighted by Gasteiger charge is 1.94. The molecule has 0 bridgehead atoms. The van der Waals surface area contributed by atoms with Crippen LogP contribution < -0.4 is 5.32 Å². The third kappa shape index (κ3) is 4.97. The molecule has 0 saturated carbocycles. The molecule has 1 rings (SSSR count). The van der Waals surface area contributed by atoms with Crippen LogP contribution in [0.15, 0.2) is 24.5 Å². The highest BCUT2D eigenvalue weighted by molar-refractivity contribution is 5.09. The topological polar surface area (TPSA) is 24.9 Å². The molecule has 1 aromatic rings. The lowest BCUT2D eigenvalue weighted by molar-refractivity contribution is 0.539. The monoisotopic (exact) mass is 192 g/mol. The summed E-state index contributed by atoms with van der Waals surface area (Å²) in [4.78, 5) is 3.99. The zero-order valence-electron chi connectivity index (χ0n) is 9.16. The zero-order chi connectivity index (χ0) is 10.2. The fraction of sp³-hybridized carbons (Fsp3) is 0.583. The second-order valence-corrected chi connectivity index (χ2v) is 4.04. The summed E-state index contributed by atoms with van der Waals surface area (Å²) in [6.45, 7) is 6.70. The molecule has 0 aliphatic heterocycles. The number of pyridine rings is 1. The Balaban J connectivity index is 2.05. The number of nitrogens with zero attached hydrogens (tertiary/aromatic N) is 1. The fourth-order valence-electron chi connectivity index (χ4n) is 1.30. The van der Waals surface area contributed by atoms with Crippen LogP contribution in [-0.2, 0) is 6.42 Å². The number of hydrogen-bond acceptors (Lipinski definition) is 2. The van der Waals surface area contributed by atoms with E-state index in [1.54, 1.807) is 0 Å². The summed E-state index contributed by atoms with van der Waals surface area (Å²) in [7, 11) is 0. The van der Waals surface area contributed by atoms with Gasteiger partial charge in [-0.25, -0.2) is 0 Å². The molecule has 0 aliphatic rings. The minimum atomic E-state index is 0.795. The van der Waals surface area contributed by atoms with E-state index in [-0.39, 0.29) is 0 Å². The van der Waals surface area contributed by atoms with Crippen molar-refractivity contribution in [2.24, 2.45) is 5.92 Å². The van der Waals surface area contributed by atoms with Crippen LogP contribution in [-0.4, -0.2) is 18.1 Å². The van der Waals surface area contributed by atoms with Crippen molar-refractivity contribution >= 4 is 0 Å². The molecule has 14 heavy (non-hydrogen) atoms. The Morgan fingerprint density at radius 3 is 2.57 bits per heavy atom. The summed E-state index contributed by atoms with van der Waals surface area (Å²) >= 11 is 0. The second kappa shape index (κ2) is 6.55. The Morgan fingerprint density at radius 2 is 1.93 bits per heavy atom. The molecule has 0 aromatic carbocycles. The first-order chi connectivity index (χ1) is 6.79. The maximum Gasteiger partial charge on any atom is 0.0270 e. The van der Waals surface area contributed by atoms with E-state index in [0.29, 0.717) is 0 Å². The van der Waals surface area contributed by atoms with Gasteiger partial charge >= 0.3 is 0 Å². The highest BCUT2D eigenvalue weighted by Crippen LogP contribution is 1.98. The van der Waals surface area contributed by atoms with Crippen molar-refractivity contribution in [3.63, 3.8) is 0 Å². The van der Waals surface area contributed by atoms with Crippen LogP contribution in [0, 0.1) is 5.92 Å². The summed E-state index contributed by atoms with van der Waals surface area (Å²) in [5.41, 5.74) is 1.36. The highest BCUT2D eigenvalue weighted by atomic mass is 14.8. The zero-order valence-corrected chi connectivity index (χ0v) is 9.16. The van der Waals surface area contributed by atoms with Crippen molar-refractivity contribution in [2.45, 2.75) is 26.7 Å². The number of nitrogens with one attached hydrogen (secondary N) is 1. The van der Waals surface area contributed by atoms with Gasteiger partial charge in [0.2, 0.25) is 0 Å². The second-order valence-electron chi connectivity index (χ2n) is 4.04. The van der Waals surface area contributed by atoms with Gasteiger partial charge in [-0.05, 0) is 49.5 Å². The summed E-state index contributed by atoms with van der Waals surface area (Å²) in [6, 6.07) is 4.15. The summed E-state index contributed by atoms with van der Waals surface area (Å²) in [6.07, 6.45) is 6.06. The molecular formula is C12H20N2. The molecule has 0 fully saturated rings. The van der Waals surface area contributed by atoms with Crippen molar-refractivity contribution in [1.29, 1.82) is 0 Å². The van der Waals surface area contributed by atoms with E-state index in [0.717, 1.165) is 25.4 Å². The average Bonchev–Trinajstić information content (AvgIpc) is 2.18. The fourth-order valence-corrected chi connectivity index (χ4v) is 1.30. The van der Waals surface area contributed by atoms with Crippen molar-refractivity contribution in [3.8, 4) is 0 Å². The third-order valence-corrected chi connectivity index (χ3v) is 2.24. The van der Waals surface area contributed by atoms with Gasteiger partial charge in [0.1, 0.15) is 0 Å². The number of rotatable bonds is 6. The lowest BCUT2D eigenvalue weighted by atomic mass is 10.1. The molecule has 1 aromatic heterocycles. The minimum Gasteiger partial charge on any atom is -0.316 e. The maximum atomic E-state index is 3.99. The standard InChI is InChI=1S/C12H20N2/c1-11(2)3-7-13-8-4-12-5-9-14-10-6-12/h5-6,9-11,13H,3-4,7-8H2,1-2H3. The van der Waals surface area contributed by atoms with E-state index in [2.05, 4.69) is 36.3 Å². The van der Waals surface area contributed by atoms with E-state index in [4.69, 9.17) is 0 Å². The van der Waals surface area contributed by atoms with Crippen LogP contribution >= 0.6 is 0 Å². The van der Waals surface area contributed by atoms with Crippen molar-refractivity contribution in [1.82, 2.24) is 10.3 Å². The van der Waals surface area contributed by atoms with Crippen LogP contribution in [0.3, 0.4) is 0 Å². The SMILES string of the molecule is CC(C)CCNCCc1ccncc1. The van der Waals surface area contributed by atoms with E-state index in [1.807, 2.05) is 12.4 Å². The normalized spacial score (nSPS) is 10.8. The Bertz CT molecular complexity index is 231. The van der Waals surface area contributed by atoms with Gasteiger partial charge in [-0.2, -0.15) is 0 Å². The summed E-state index contributed by atoms with van der Waals surface area (Å²) in [5, 5.41) is 3.44. The van der Waals surface area contributed by atoms with E-state index in [9.17, 15) is 0 Å². The van der Waals surface area contributed by atoms with Gasteiger partial charge in [0.15, 0.2) is 0 Å². The largest absolute Gasteiger partial charge is 0.316 e. The van der Waals surface area contributed by atoms with E-state index < -0.39 is 0 Å². The molecule has 2 nitrogen and oxygen atoms in total. The predicted octanol–water partition coefficient (Wildman–Crippen LogP) is 2.26. The molecule has 78 valence electrons. The first-order valence-corrected chi connectivity index (χ1v) is 5.38. The number of hydrogen-bond donors (Lipinski definition) is 1. The first-order valence-electron chi connectivity index (χ1n) is 5.38. The lowest BCUT2D eigenvalue weighted by Crippen LogP contribution is -2.19. The molecule has 0 saturated heterocycles. The lowest BCUT2D eigenvalue weighted by Gasteiger charge is -2.06. The smallest absolute Gasteiger partial charge is 0.0270 e. The van der Waals surface area contributed by atoms with Gasteiger partial charge in [0.25, 0.3) is 0 Å². The quantitative estimate of drug-likeness (QED) is 0.699. The first kappa shape index (κ1) is 11.2. The average molecular weight is 192 g/mol. The molecule has 1 N–H and O–H groups in total. The Kier molecular flexibility index (Phi) is 5.23.